The standard InChI is InChI=1S/C21H19F3N6O5/c22-21(23,24)19(34)29-7-6-20(8-31)14(32)13(29)18(35-20)30-10-27-12-15(25-9-26-16(12)30)28-17(33)11-4-2-1-3-5-11/h1-5,9-10,13-14,18,31-32H,6-8H2,(H,25,26,28,33)/t13-,14+,18-,20-/m1/s1. The summed E-state index contributed by atoms with van der Waals surface area (Å²) in [5.41, 5.74) is -1.00. The van der Waals surface area contributed by atoms with Gasteiger partial charge in [0.1, 0.15) is 24.1 Å². The van der Waals surface area contributed by atoms with Crippen molar-refractivity contribution < 1.29 is 37.7 Å². The number of aliphatic hydroxyl groups excluding tert-OH is 2. The Labute approximate surface area is 195 Å². The number of aliphatic hydroxyl groups is 2. The fourth-order valence-electron chi connectivity index (χ4n) is 4.57. The molecular formula is C21H19F3N6O5. The van der Waals surface area contributed by atoms with E-state index in [-0.39, 0.29) is 29.9 Å². The molecule has 0 unspecified atom stereocenters. The van der Waals surface area contributed by atoms with Crippen LogP contribution in [0.4, 0.5) is 19.0 Å². The lowest BCUT2D eigenvalue weighted by atomic mass is 9.86. The molecule has 3 aromatic rings. The van der Waals surface area contributed by atoms with Crippen LogP contribution in [0.1, 0.15) is 23.0 Å². The molecule has 2 aliphatic heterocycles. The summed E-state index contributed by atoms with van der Waals surface area (Å²) in [6.07, 6.45) is -5.99. The summed E-state index contributed by atoms with van der Waals surface area (Å²) < 4.78 is 46.9. The highest BCUT2D eigenvalue weighted by Gasteiger charge is 2.63. The van der Waals surface area contributed by atoms with Gasteiger partial charge in [0.15, 0.2) is 23.2 Å². The third kappa shape index (κ3) is 3.69. The molecule has 0 spiro atoms. The van der Waals surface area contributed by atoms with Gasteiger partial charge in [-0.1, -0.05) is 18.2 Å². The number of hydrogen-bond donors (Lipinski definition) is 3. The predicted octanol–water partition coefficient (Wildman–Crippen LogP) is 0.863. The predicted molar refractivity (Wildman–Crippen MR) is 112 cm³/mol. The van der Waals surface area contributed by atoms with Gasteiger partial charge in [0.2, 0.25) is 0 Å². The SMILES string of the molecule is O=C(Nc1ncnc2c1ncn2[C@@H]1O[C@@]2(CO)CCN(C(=O)C(F)(F)F)[C@@H]1[C@@H]2O)c1ccccc1. The number of amides is 2. The van der Waals surface area contributed by atoms with E-state index in [4.69, 9.17) is 4.74 Å². The number of likely N-dealkylation sites (tertiary alicyclic amines) is 1. The highest BCUT2D eigenvalue weighted by atomic mass is 19.4. The quantitative estimate of drug-likeness (QED) is 0.487. The highest BCUT2D eigenvalue weighted by molar-refractivity contribution is 6.06. The summed E-state index contributed by atoms with van der Waals surface area (Å²) in [6, 6.07) is 6.84. The van der Waals surface area contributed by atoms with Crippen molar-refractivity contribution in [3.63, 3.8) is 0 Å². The van der Waals surface area contributed by atoms with Crippen molar-refractivity contribution >= 4 is 28.8 Å². The van der Waals surface area contributed by atoms with Crippen molar-refractivity contribution in [3.8, 4) is 0 Å². The Morgan fingerprint density at radius 3 is 2.63 bits per heavy atom. The third-order valence-electron chi connectivity index (χ3n) is 6.32. The number of nitrogens with one attached hydrogen (secondary N) is 1. The van der Waals surface area contributed by atoms with E-state index in [1.165, 1.54) is 10.9 Å². The molecule has 2 saturated heterocycles. The van der Waals surface area contributed by atoms with Gasteiger partial charge >= 0.3 is 12.1 Å². The number of nitrogens with zero attached hydrogens (tertiary/aromatic N) is 5. The van der Waals surface area contributed by atoms with Gasteiger partial charge in [-0.2, -0.15) is 13.2 Å². The highest BCUT2D eigenvalue weighted by Crippen LogP contribution is 2.47. The molecule has 35 heavy (non-hydrogen) atoms. The van der Waals surface area contributed by atoms with Crippen LogP contribution in [0.5, 0.6) is 0 Å². The average molecular weight is 492 g/mol. The fourth-order valence-corrected chi connectivity index (χ4v) is 4.57. The van der Waals surface area contributed by atoms with E-state index in [2.05, 4.69) is 20.3 Å². The number of halogens is 3. The molecule has 0 radical (unpaired) electrons. The second kappa shape index (κ2) is 8.25. The van der Waals surface area contributed by atoms with E-state index in [1.54, 1.807) is 30.3 Å². The molecule has 2 fully saturated rings. The number of anilines is 1. The normalized spacial score (nSPS) is 26.2. The van der Waals surface area contributed by atoms with E-state index < -0.39 is 48.6 Å². The third-order valence-corrected chi connectivity index (χ3v) is 6.32. The number of hydrogen-bond acceptors (Lipinski definition) is 8. The fraction of sp³-hybridized carbons (Fsp3) is 0.381. The zero-order valence-electron chi connectivity index (χ0n) is 17.9. The van der Waals surface area contributed by atoms with Crippen LogP contribution >= 0.6 is 0 Å². The van der Waals surface area contributed by atoms with Crippen LogP contribution in [0.15, 0.2) is 43.0 Å². The Kier molecular flexibility index (Phi) is 5.45. The molecule has 2 aromatic heterocycles. The molecule has 0 saturated carbocycles. The van der Waals surface area contributed by atoms with Crippen LogP contribution in [0.2, 0.25) is 0 Å². The summed E-state index contributed by atoms with van der Waals surface area (Å²) in [4.78, 5) is 37.5. The van der Waals surface area contributed by atoms with E-state index in [9.17, 15) is 33.0 Å². The first-order chi connectivity index (χ1) is 16.7. The molecule has 11 nitrogen and oxygen atoms in total. The zero-order chi connectivity index (χ0) is 25.0. The zero-order valence-corrected chi connectivity index (χ0v) is 17.9. The number of aromatic nitrogens is 4. The second-order valence-electron chi connectivity index (χ2n) is 8.28. The number of carbonyl (C=O) groups excluding carboxylic acids is 2. The van der Waals surface area contributed by atoms with Crippen molar-refractivity contribution in [1.82, 2.24) is 24.4 Å². The minimum atomic E-state index is -5.17. The maximum atomic E-state index is 13.3. The van der Waals surface area contributed by atoms with Gasteiger partial charge in [0.25, 0.3) is 5.91 Å². The Bertz CT molecular complexity index is 1290. The molecule has 4 atom stereocenters. The maximum absolute atomic E-state index is 13.3. The van der Waals surface area contributed by atoms with Gasteiger partial charge in [-0.3, -0.25) is 14.2 Å². The summed E-state index contributed by atoms with van der Waals surface area (Å²) in [5.74, 6) is -2.55. The van der Waals surface area contributed by atoms with Crippen LogP contribution in [-0.4, -0.2) is 83.5 Å². The lowest BCUT2D eigenvalue weighted by Gasteiger charge is -2.41. The first-order valence-electron chi connectivity index (χ1n) is 10.5. The van der Waals surface area contributed by atoms with Crippen molar-refractivity contribution in [1.29, 1.82) is 0 Å². The Morgan fingerprint density at radius 1 is 1.20 bits per heavy atom. The van der Waals surface area contributed by atoms with Gasteiger partial charge in [0.05, 0.1) is 12.9 Å². The van der Waals surface area contributed by atoms with Crippen molar-refractivity contribution in [2.45, 2.75) is 36.6 Å². The van der Waals surface area contributed by atoms with Crippen LogP contribution in [0, 0.1) is 0 Å². The van der Waals surface area contributed by atoms with E-state index >= 15 is 0 Å². The van der Waals surface area contributed by atoms with Gasteiger partial charge in [0, 0.05) is 12.1 Å². The molecule has 4 heterocycles. The van der Waals surface area contributed by atoms with Crippen LogP contribution < -0.4 is 5.32 Å². The lowest BCUT2D eigenvalue weighted by Crippen LogP contribution is -2.61. The smallest absolute Gasteiger partial charge is 0.393 e. The molecule has 0 aliphatic carbocycles. The van der Waals surface area contributed by atoms with Gasteiger partial charge in [-0.05, 0) is 18.6 Å². The van der Waals surface area contributed by atoms with Gasteiger partial charge in [-0.25, -0.2) is 15.0 Å². The summed E-state index contributed by atoms with van der Waals surface area (Å²) in [7, 11) is 0. The van der Waals surface area contributed by atoms with E-state index in [0.29, 0.717) is 10.5 Å². The van der Waals surface area contributed by atoms with Gasteiger partial charge < -0.3 is 25.2 Å². The number of fused-ring (bicyclic) bond motifs is 3. The number of alkyl halides is 3. The number of benzene rings is 1. The second-order valence-corrected chi connectivity index (χ2v) is 8.28. The topological polar surface area (TPSA) is 143 Å². The first-order valence-corrected chi connectivity index (χ1v) is 10.5. The lowest BCUT2D eigenvalue weighted by molar-refractivity contribution is -0.193. The molecule has 14 heteroatoms. The Balaban J connectivity index is 1.53. The van der Waals surface area contributed by atoms with Crippen LogP contribution in [0.3, 0.4) is 0 Å². The molecule has 184 valence electrons. The summed E-state index contributed by atoms with van der Waals surface area (Å²) in [5, 5.41) is 23.3. The number of imidazole rings is 1. The molecule has 1 aromatic carbocycles. The van der Waals surface area contributed by atoms with Crippen LogP contribution in [0.25, 0.3) is 11.2 Å². The molecule has 3 N–H and O–H groups in total. The molecule has 2 bridgehead atoms. The summed E-state index contributed by atoms with van der Waals surface area (Å²) >= 11 is 0. The monoisotopic (exact) mass is 492 g/mol. The first kappa shape index (κ1) is 23.1. The molecule has 5 rings (SSSR count). The maximum Gasteiger partial charge on any atom is 0.471 e. The number of carbonyl (C=O) groups is 2. The van der Waals surface area contributed by atoms with Gasteiger partial charge in [-0.15, -0.1) is 0 Å². The van der Waals surface area contributed by atoms with Crippen LogP contribution in [-0.2, 0) is 9.53 Å². The van der Waals surface area contributed by atoms with Crippen molar-refractivity contribution in [2.24, 2.45) is 0 Å². The summed E-state index contributed by atoms with van der Waals surface area (Å²) in [6.45, 7) is -1.05. The molecule has 2 amide bonds. The number of piperidine rings is 1. The Hall–Kier alpha value is -3.62. The largest absolute Gasteiger partial charge is 0.471 e. The van der Waals surface area contributed by atoms with E-state index in [1.807, 2.05) is 0 Å². The van der Waals surface area contributed by atoms with E-state index in [0.717, 1.165) is 6.33 Å². The average Bonchev–Trinajstić information content (AvgIpc) is 3.34. The van der Waals surface area contributed by atoms with Crippen molar-refractivity contribution in [2.75, 3.05) is 18.5 Å². The Morgan fingerprint density at radius 2 is 1.94 bits per heavy atom. The van der Waals surface area contributed by atoms with Crippen molar-refractivity contribution in [3.05, 3.63) is 48.5 Å². The molecular weight excluding hydrogens is 473 g/mol. The number of ether oxygens (including phenoxy) is 1. The number of rotatable bonds is 4. The minimum Gasteiger partial charge on any atom is -0.393 e. The molecule has 2 aliphatic rings. The minimum absolute atomic E-state index is 0.0456.